The van der Waals surface area contributed by atoms with Crippen molar-refractivity contribution in [2.24, 2.45) is 11.7 Å². The maximum Gasteiger partial charge on any atom is 0.222 e. The topological polar surface area (TPSA) is 62.5 Å². The highest BCUT2D eigenvalue weighted by molar-refractivity contribution is 5.76. The smallest absolute Gasteiger partial charge is 0.222 e. The van der Waals surface area contributed by atoms with Crippen LogP contribution in [0.1, 0.15) is 44.2 Å². The van der Waals surface area contributed by atoms with Gasteiger partial charge in [-0.25, -0.2) is 0 Å². The first-order chi connectivity index (χ1) is 12.1. The minimum Gasteiger partial charge on any atom is -0.343 e. The van der Waals surface area contributed by atoms with Gasteiger partial charge in [0.05, 0.1) is 0 Å². The normalized spacial score (nSPS) is 25.2. The molecule has 5 nitrogen and oxygen atoms in total. The van der Waals surface area contributed by atoms with Crippen LogP contribution < -0.4 is 5.73 Å². The van der Waals surface area contributed by atoms with Crippen molar-refractivity contribution in [2.45, 2.75) is 57.0 Å². The van der Waals surface area contributed by atoms with Crippen LogP contribution in [0.5, 0.6) is 0 Å². The second-order valence-corrected chi connectivity index (χ2v) is 7.71. The molecular weight excluding hydrogens is 312 g/mol. The minimum absolute atomic E-state index is 0.228. The largest absolute Gasteiger partial charge is 0.343 e. The number of amides is 1. The summed E-state index contributed by atoms with van der Waals surface area (Å²) < 4.78 is 0. The van der Waals surface area contributed by atoms with E-state index in [-0.39, 0.29) is 11.9 Å². The summed E-state index contributed by atoms with van der Waals surface area (Å²) in [5, 5.41) is 0. The Labute approximate surface area is 151 Å². The molecule has 138 valence electrons. The molecule has 0 bridgehead atoms. The lowest BCUT2D eigenvalue weighted by Gasteiger charge is -2.37. The Morgan fingerprint density at radius 1 is 1.28 bits per heavy atom. The molecule has 2 atom stereocenters. The highest BCUT2D eigenvalue weighted by Crippen LogP contribution is 2.28. The van der Waals surface area contributed by atoms with E-state index in [9.17, 15) is 4.79 Å². The Balaban J connectivity index is 1.39. The third-order valence-electron chi connectivity index (χ3n) is 6.06. The number of rotatable bonds is 6. The van der Waals surface area contributed by atoms with Crippen LogP contribution in [0.25, 0.3) is 0 Å². The summed E-state index contributed by atoms with van der Waals surface area (Å²) in [6.45, 7) is 3.19. The number of likely N-dealkylation sites (tertiary alicyclic amines) is 1. The molecule has 1 saturated heterocycles. The molecule has 25 heavy (non-hydrogen) atoms. The van der Waals surface area contributed by atoms with E-state index in [2.05, 4.69) is 16.0 Å². The van der Waals surface area contributed by atoms with Crippen LogP contribution in [0.4, 0.5) is 0 Å². The minimum atomic E-state index is 0.228. The number of nitrogens with zero attached hydrogens (tertiary/aromatic N) is 3. The Hall–Kier alpha value is -1.46. The molecule has 1 amide bonds. The van der Waals surface area contributed by atoms with E-state index in [4.69, 9.17) is 5.73 Å². The van der Waals surface area contributed by atoms with Gasteiger partial charge < -0.3 is 15.5 Å². The number of carbonyl (C=O) groups is 1. The number of hydrogen-bond acceptors (Lipinski definition) is 4. The standard InChI is InChI=1S/C20H32N4O/c1-23(20(25)15-16-5-4-7-19(16)21)18-9-13-24(14-10-18)12-8-17-6-2-3-11-22-17/h2-3,6,11,16,18-19H,4-5,7-10,12-15,21H2,1H3/t16-,19+/m0/s1. The summed E-state index contributed by atoms with van der Waals surface area (Å²) in [7, 11) is 1.98. The number of piperidine rings is 1. The maximum atomic E-state index is 12.6. The van der Waals surface area contributed by atoms with Crippen LogP contribution in [-0.2, 0) is 11.2 Å². The van der Waals surface area contributed by atoms with Crippen LogP contribution in [-0.4, -0.2) is 59.5 Å². The highest BCUT2D eigenvalue weighted by atomic mass is 16.2. The second kappa shape index (κ2) is 8.77. The van der Waals surface area contributed by atoms with Gasteiger partial charge >= 0.3 is 0 Å². The van der Waals surface area contributed by atoms with Crippen LogP contribution in [0.2, 0.25) is 0 Å². The quantitative estimate of drug-likeness (QED) is 0.858. The van der Waals surface area contributed by atoms with Gasteiger partial charge in [-0.1, -0.05) is 12.5 Å². The molecule has 2 N–H and O–H groups in total. The van der Waals surface area contributed by atoms with Gasteiger partial charge in [-0.3, -0.25) is 9.78 Å². The van der Waals surface area contributed by atoms with Crippen molar-refractivity contribution >= 4 is 5.91 Å². The molecule has 1 saturated carbocycles. The molecule has 5 heteroatoms. The zero-order chi connectivity index (χ0) is 17.6. The van der Waals surface area contributed by atoms with E-state index in [1.54, 1.807) is 0 Å². The third kappa shape index (κ3) is 5.02. The second-order valence-electron chi connectivity index (χ2n) is 7.71. The number of aromatic nitrogens is 1. The van der Waals surface area contributed by atoms with Crippen LogP contribution >= 0.6 is 0 Å². The Kier molecular flexibility index (Phi) is 6.43. The summed E-state index contributed by atoms with van der Waals surface area (Å²) in [5.74, 6) is 0.683. The molecule has 2 fully saturated rings. The molecule has 0 aromatic carbocycles. The predicted octanol–water partition coefficient (Wildman–Crippen LogP) is 2.06. The monoisotopic (exact) mass is 344 g/mol. The number of pyridine rings is 1. The molecule has 3 rings (SSSR count). The van der Waals surface area contributed by atoms with Crippen molar-refractivity contribution in [3.05, 3.63) is 30.1 Å². The van der Waals surface area contributed by atoms with E-state index in [1.807, 2.05) is 30.3 Å². The van der Waals surface area contributed by atoms with E-state index < -0.39 is 0 Å². The first kappa shape index (κ1) is 18.3. The first-order valence-corrected chi connectivity index (χ1v) is 9.77. The average molecular weight is 345 g/mol. The van der Waals surface area contributed by atoms with E-state index in [1.165, 1.54) is 6.42 Å². The van der Waals surface area contributed by atoms with Crippen molar-refractivity contribution in [3.8, 4) is 0 Å². The number of carbonyl (C=O) groups excluding carboxylic acids is 1. The highest BCUT2D eigenvalue weighted by Gasteiger charge is 2.30. The van der Waals surface area contributed by atoms with Crippen LogP contribution in [0, 0.1) is 5.92 Å². The van der Waals surface area contributed by atoms with E-state index in [0.717, 1.165) is 57.4 Å². The number of hydrogen-bond donors (Lipinski definition) is 1. The first-order valence-electron chi connectivity index (χ1n) is 9.77. The molecule has 1 aliphatic heterocycles. The van der Waals surface area contributed by atoms with Gasteiger partial charge in [0.2, 0.25) is 5.91 Å². The van der Waals surface area contributed by atoms with Crippen LogP contribution in [0.15, 0.2) is 24.4 Å². The Morgan fingerprint density at radius 2 is 2.08 bits per heavy atom. The summed E-state index contributed by atoms with van der Waals surface area (Å²) in [5.41, 5.74) is 7.28. The molecular formula is C20H32N4O. The SMILES string of the molecule is CN(C(=O)C[C@@H]1CCC[C@H]1N)C1CCN(CCc2ccccn2)CC1. The van der Waals surface area contributed by atoms with Gasteiger partial charge in [0.25, 0.3) is 0 Å². The third-order valence-corrected chi connectivity index (χ3v) is 6.06. The van der Waals surface area contributed by atoms with Crippen molar-refractivity contribution in [3.63, 3.8) is 0 Å². The molecule has 2 heterocycles. The number of nitrogens with two attached hydrogens (primary N) is 1. The lowest BCUT2D eigenvalue weighted by atomic mass is 9.97. The van der Waals surface area contributed by atoms with Crippen molar-refractivity contribution < 1.29 is 4.79 Å². The van der Waals surface area contributed by atoms with Gasteiger partial charge in [-0.15, -0.1) is 0 Å². The van der Waals surface area contributed by atoms with Crippen molar-refractivity contribution in [2.75, 3.05) is 26.7 Å². The van der Waals surface area contributed by atoms with Crippen LogP contribution in [0.3, 0.4) is 0 Å². The lowest BCUT2D eigenvalue weighted by molar-refractivity contribution is -0.133. The molecule has 0 radical (unpaired) electrons. The lowest BCUT2D eigenvalue weighted by Crippen LogP contribution is -2.46. The zero-order valence-electron chi connectivity index (χ0n) is 15.4. The fourth-order valence-corrected chi connectivity index (χ4v) is 4.24. The van der Waals surface area contributed by atoms with Gasteiger partial charge in [0.15, 0.2) is 0 Å². The molecule has 2 aliphatic rings. The molecule has 0 unspecified atom stereocenters. The fraction of sp³-hybridized carbons (Fsp3) is 0.700. The fourth-order valence-electron chi connectivity index (χ4n) is 4.24. The van der Waals surface area contributed by atoms with E-state index in [0.29, 0.717) is 18.4 Å². The van der Waals surface area contributed by atoms with E-state index >= 15 is 0 Å². The average Bonchev–Trinajstić information content (AvgIpc) is 3.05. The maximum absolute atomic E-state index is 12.6. The summed E-state index contributed by atoms with van der Waals surface area (Å²) in [6, 6.07) is 6.71. The Bertz CT molecular complexity index is 542. The summed E-state index contributed by atoms with van der Waals surface area (Å²) in [4.78, 5) is 21.5. The molecule has 0 spiro atoms. The summed E-state index contributed by atoms with van der Waals surface area (Å²) in [6.07, 6.45) is 9.01. The Morgan fingerprint density at radius 3 is 2.72 bits per heavy atom. The van der Waals surface area contributed by atoms with Gasteiger partial charge in [0, 0.05) is 63.5 Å². The predicted molar refractivity (Wildman–Crippen MR) is 100 cm³/mol. The van der Waals surface area contributed by atoms with Crippen molar-refractivity contribution in [1.29, 1.82) is 0 Å². The van der Waals surface area contributed by atoms with Crippen molar-refractivity contribution in [1.82, 2.24) is 14.8 Å². The summed E-state index contributed by atoms with van der Waals surface area (Å²) >= 11 is 0. The molecule has 1 aromatic heterocycles. The van der Waals surface area contributed by atoms with Gasteiger partial charge in [-0.05, 0) is 43.7 Å². The zero-order valence-corrected chi connectivity index (χ0v) is 15.4. The molecule has 1 aromatic rings. The molecule has 1 aliphatic carbocycles. The van der Waals surface area contributed by atoms with Gasteiger partial charge in [0.1, 0.15) is 0 Å². The van der Waals surface area contributed by atoms with Gasteiger partial charge in [-0.2, -0.15) is 0 Å².